The number of amides is 2. The molecule has 9 nitrogen and oxygen atoms in total. The SMILES string of the molecule is O=C(c1ccc2n[nH]nc2c1)N1CC2CN(C(=O)c3cc4ccc(OC(F)(F)F)cc4[nH]3)CC2C1. The maximum Gasteiger partial charge on any atom is 0.573 e. The number of H-pyrrole nitrogens is 2. The van der Waals surface area contributed by atoms with E-state index in [-0.39, 0.29) is 29.4 Å². The predicted molar refractivity (Wildman–Crippen MR) is 118 cm³/mol. The van der Waals surface area contributed by atoms with Crippen LogP contribution in [0, 0.1) is 11.8 Å². The van der Waals surface area contributed by atoms with Gasteiger partial charge in [-0.1, -0.05) is 0 Å². The molecule has 2 atom stereocenters. The van der Waals surface area contributed by atoms with Crippen molar-refractivity contribution in [2.24, 2.45) is 11.8 Å². The molecule has 6 rings (SSSR count). The van der Waals surface area contributed by atoms with Crippen molar-refractivity contribution in [3.8, 4) is 5.75 Å². The number of fused-ring (bicyclic) bond motifs is 3. The Morgan fingerprint density at radius 3 is 2.29 bits per heavy atom. The lowest BCUT2D eigenvalue weighted by atomic mass is 10.0. The van der Waals surface area contributed by atoms with E-state index in [9.17, 15) is 22.8 Å². The van der Waals surface area contributed by atoms with E-state index in [0.29, 0.717) is 59.4 Å². The van der Waals surface area contributed by atoms with Gasteiger partial charge in [-0.3, -0.25) is 9.59 Å². The van der Waals surface area contributed by atoms with Crippen molar-refractivity contribution in [2.75, 3.05) is 26.2 Å². The molecular formula is C23H19F3N6O3. The van der Waals surface area contributed by atoms with Crippen LogP contribution in [0.1, 0.15) is 20.8 Å². The van der Waals surface area contributed by atoms with Crippen molar-refractivity contribution in [2.45, 2.75) is 6.36 Å². The molecule has 4 aromatic rings. The standard InChI is InChI=1S/C23H19F3N6O3/c24-23(25,26)35-16-3-1-12-5-20(27-18(12)7-16)22(34)32-10-14-8-31(9-15(14)11-32)21(33)13-2-4-17-19(6-13)29-30-28-17/h1-7,14-15,27H,8-11H2,(H,28,29,30). The third-order valence-electron chi connectivity index (χ3n) is 6.68. The molecule has 2 unspecified atom stereocenters. The van der Waals surface area contributed by atoms with Gasteiger partial charge in [-0.2, -0.15) is 15.4 Å². The number of aromatic amines is 2. The van der Waals surface area contributed by atoms with Gasteiger partial charge in [-0.25, -0.2) is 0 Å². The van der Waals surface area contributed by atoms with Gasteiger partial charge < -0.3 is 19.5 Å². The number of aromatic nitrogens is 4. The van der Waals surface area contributed by atoms with Crippen LogP contribution >= 0.6 is 0 Å². The van der Waals surface area contributed by atoms with E-state index >= 15 is 0 Å². The summed E-state index contributed by atoms with van der Waals surface area (Å²) in [7, 11) is 0. The minimum Gasteiger partial charge on any atom is -0.406 e. The van der Waals surface area contributed by atoms with E-state index in [2.05, 4.69) is 25.1 Å². The second-order valence-corrected chi connectivity index (χ2v) is 8.95. The predicted octanol–water partition coefficient (Wildman–Crippen LogP) is 3.18. The van der Waals surface area contributed by atoms with Crippen LogP contribution in [0.3, 0.4) is 0 Å². The normalized spacial score (nSPS) is 20.1. The van der Waals surface area contributed by atoms with E-state index in [4.69, 9.17) is 0 Å². The maximum atomic E-state index is 13.1. The number of hydrogen-bond donors (Lipinski definition) is 2. The monoisotopic (exact) mass is 484 g/mol. The Balaban J connectivity index is 1.12. The minimum atomic E-state index is -4.79. The van der Waals surface area contributed by atoms with Gasteiger partial charge in [-0.05, 0) is 36.4 Å². The van der Waals surface area contributed by atoms with Crippen LogP contribution in [0.15, 0.2) is 42.5 Å². The highest BCUT2D eigenvalue weighted by Crippen LogP contribution is 2.33. The summed E-state index contributed by atoms with van der Waals surface area (Å²) in [4.78, 5) is 32.5. The number of rotatable bonds is 3. The third-order valence-corrected chi connectivity index (χ3v) is 6.68. The Hall–Kier alpha value is -4.09. The van der Waals surface area contributed by atoms with Crippen molar-refractivity contribution in [3.05, 3.63) is 53.7 Å². The lowest BCUT2D eigenvalue weighted by Crippen LogP contribution is -2.35. The average Bonchev–Trinajstić information content (AvgIpc) is 3.58. The zero-order valence-corrected chi connectivity index (χ0v) is 18.2. The first-order chi connectivity index (χ1) is 16.7. The third kappa shape index (κ3) is 3.94. The number of nitrogens with one attached hydrogen (secondary N) is 2. The molecule has 12 heteroatoms. The van der Waals surface area contributed by atoms with Crippen LogP contribution in [0.4, 0.5) is 13.2 Å². The highest BCUT2D eigenvalue weighted by molar-refractivity contribution is 5.99. The topological polar surface area (TPSA) is 107 Å². The van der Waals surface area contributed by atoms with Crippen molar-refractivity contribution in [1.82, 2.24) is 30.2 Å². The van der Waals surface area contributed by atoms with Crippen molar-refractivity contribution < 1.29 is 27.5 Å². The molecule has 2 fully saturated rings. The van der Waals surface area contributed by atoms with E-state index in [1.54, 1.807) is 29.2 Å². The molecule has 0 bridgehead atoms. The fraction of sp³-hybridized carbons (Fsp3) is 0.304. The van der Waals surface area contributed by atoms with E-state index in [1.807, 2.05) is 4.90 Å². The first kappa shape index (κ1) is 21.4. The molecule has 2 aromatic carbocycles. The molecular weight excluding hydrogens is 465 g/mol. The van der Waals surface area contributed by atoms with Crippen LogP contribution in [-0.4, -0.2) is 74.6 Å². The molecule has 2 N–H and O–H groups in total. The molecule has 0 saturated carbocycles. The van der Waals surface area contributed by atoms with Crippen LogP contribution in [0.25, 0.3) is 21.9 Å². The summed E-state index contributed by atoms with van der Waals surface area (Å²) in [6.45, 7) is 2.12. The Bertz CT molecular complexity index is 1450. The Morgan fingerprint density at radius 1 is 0.886 bits per heavy atom. The summed E-state index contributed by atoms with van der Waals surface area (Å²) in [5, 5.41) is 11.2. The first-order valence-electron chi connectivity index (χ1n) is 11.0. The lowest BCUT2D eigenvalue weighted by molar-refractivity contribution is -0.274. The van der Waals surface area contributed by atoms with E-state index < -0.39 is 6.36 Å². The quantitative estimate of drug-likeness (QED) is 0.465. The van der Waals surface area contributed by atoms with Crippen molar-refractivity contribution in [1.29, 1.82) is 0 Å². The van der Waals surface area contributed by atoms with Crippen LogP contribution in [0.2, 0.25) is 0 Å². The second-order valence-electron chi connectivity index (χ2n) is 8.95. The number of alkyl halides is 3. The molecule has 2 saturated heterocycles. The van der Waals surface area contributed by atoms with Gasteiger partial charge in [0.15, 0.2) is 0 Å². The van der Waals surface area contributed by atoms with Gasteiger partial charge in [0.05, 0.1) is 0 Å². The Kier molecular flexibility index (Phi) is 4.73. The Morgan fingerprint density at radius 2 is 1.57 bits per heavy atom. The summed E-state index contributed by atoms with van der Waals surface area (Å²) >= 11 is 0. The van der Waals surface area contributed by atoms with E-state index in [1.165, 1.54) is 18.2 Å². The number of halogens is 3. The number of ether oxygens (including phenoxy) is 1. The molecule has 2 aromatic heterocycles. The number of likely N-dealkylation sites (tertiary alicyclic amines) is 2. The molecule has 180 valence electrons. The molecule has 2 amide bonds. The van der Waals surface area contributed by atoms with Crippen molar-refractivity contribution in [3.63, 3.8) is 0 Å². The zero-order valence-electron chi connectivity index (χ0n) is 18.2. The number of carbonyl (C=O) groups excluding carboxylic acids is 2. The van der Waals surface area contributed by atoms with Gasteiger partial charge >= 0.3 is 6.36 Å². The van der Waals surface area contributed by atoms with Crippen LogP contribution in [-0.2, 0) is 0 Å². The van der Waals surface area contributed by atoms with Gasteiger partial charge in [0.2, 0.25) is 0 Å². The highest BCUT2D eigenvalue weighted by Gasteiger charge is 2.43. The maximum absolute atomic E-state index is 13.1. The summed E-state index contributed by atoms with van der Waals surface area (Å²) in [6, 6.07) is 10.7. The number of nitrogens with zero attached hydrogens (tertiary/aromatic N) is 4. The van der Waals surface area contributed by atoms with Gasteiger partial charge in [-0.15, -0.1) is 13.2 Å². The van der Waals surface area contributed by atoms with Crippen LogP contribution < -0.4 is 4.74 Å². The summed E-state index contributed by atoms with van der Waals surface area (Å²) in [5.74, 6) is -0.323. The number of hydrogen-bond acceptors (Lipinski definition) is 5. The van der Waals surface area contributed by atoms with Gasteiger partial charge in [0, 0.05) is 60.5 Å². The fourth-order valence-corrected chi connectivity index (χ4v) is 5.07. The van der Waals surface area contributed by atoms with Gasteiger partial charge in [0.1, 0.15) is 22.5 Å². The Labute approximate surface area is 195 Å². The molecule has 0 radical (unpaired) electrons. The van der Waals surface area contributed by atoms with Crippen LogP contribution in [0.5, 0.6) is 5.75 Å². The summed E-state index contributed by atoms with van der Waals surface area (Å²) in [6.07, 6.45) is -4.79. The molecule has 0 aliphatic carbocycles. The summed E-state index contributed by atoms with van der Waals surface area (Å²) in [5.41, 5.74) is 2.55. The summed E-state index contributed by atoms with van der Waals surface area (Å²) < 4.78 is 41.4. The molecule has 2 aliphatic heterocycles. The molecule has 35 heavy (non-hydrogen) atoms. The number of benzene rings is 2. The first-order valence-corrected chi connectivity index (χ1v) is 11.0. The van der Waals surface area contributed by atoms with Crippen molar-refractivity contribution >= 4 is 33.8 Å². The average molecular weight is 484 g/mol. The smallest absolute Gasteiger partial charge is 0.406 e. The number of carbonyl (C=O) groups is 2. The lowest BCUT2D eigenvalue weighted by Gasteiger charge is -2.21. The fourth-order valence-electron chi connectivity index (χ4n) is 5.07. The highest BCUT2D eigenvalue weighted by atomic mass is 19.4. The second kappa shape index (κ2) is 7.72. The van der Waals surface area contributed by atoms with E-state index in [0.717, 1.165) is 0 Å². The largest absolute Gasteiger partial charge is 0.573 e. The molecule has 4 heterocycles. The molecule has 0 spiro atoms. The molecule has 2 aliphatic rings. The van der Waals surface area contributed by atoms with Gasteiger partial charge in [0.25, 0.3) is 11.8 Å². The minimum absolute atomic E-state index is 0.0744. The zero-order chi connectivity index (χ0) is 24.3.